The number of esters is 1. The van der Waals surface area contributed by atoms with Crippen molar-refractivity contribution in [3.05, 3.63) is 27.1 Å². The number of thiophene rings is 1. The fraction of sp³-hybridized carbons (Fsp3) is 0.429. The Morgan fingerprint density at radius 3 is 3.00 bits per heavy atom. The number of fused-ring (bicyclic) bond motifs is 3. The number of primary amides is 1. The van der Waals surface area contributed by atoms with E-state index in [1.807, 2.05) is 0 Å². The van der Waals surface area contributed by atoms with Crippen molar-refractivity contribution in [3.63, 3.8) is 0 Å². The number of nitrogens with two attached hydrogens (primary N) is 1. The van der Waals surface area contributed by atoms with Crippen LogP contribution in [0.1, 0.15) is 29.7 Å². The van der Waals surface area contributed by atoms with Crippen LogP contribution in [-0.4, -0.2) is 28.0 Å². The van der Waals surface area contributed by atoms with Crippen molar-refractivity contribution in [3.8, 4) is 0 Å². The first-order valence-corrected chi connectivity index (χ1v) is 7.80. The Bertz CT molecular complexity index is 823. The highest BCUT2D eigenvalue weighted by Gasteiger charge is 2.35. The van der Waals surface area contributed by atoms with Gasteiger partial charge in [0, 0.05) is 4.88 Å². The molecule has 1 aliphatic carbocycles. The van der Waals surface area contributed by atoms with Gasteiger partial charge in [0.15, 0.2) is 0 Å². The minimum atomic E-state index is -0.614. The molecule has 1 amide bonds. The minimum absolute atomic E-state index is 0.226. The number of amides is 1. The molecule has 7 nitrogen and oxygen atoms in total. The summed E-state index contributed by atoms with van der Waals surface area (Å²) in [6.07, 6.45) is 2.69. The average molecular weight is 321 g/mol. The van der Waals surface area contributed by atoms with Crippen molar-refractivity contribution in [2.45, 2.75) is 32.2 Å². The average Bonchev–Trinajstić information content (AvgIpc) is 3.00. The first-order chi connectivity index (χ1) is 10.5. The number of nitrogens with zero attached hydrogens (tertiary/aromatic N) is 2. The van der Waals surface area contributed by atoms with E-state index in [1.54, 1.807) is 6.92 Å². The van der Waals surface area contributed by atoms with E-state index in [0.717, 1.165) is 16.9 Å². The lowest BCUT2D eigenvalue weighted by atomic mass is 10.0. The van der Waals surface area contributed by atoms with Gasteiger partial charge in [-0.1, -0.05) is 0 Å². The fourth-order valence-electron chi connectivity index (χ4n) is 2.83. The van der Waals surface area contributed by atoms with E-state index in [2.05, 4.69) is 4.98 Å². The van der Waals surface area contributed by atoms with Gasteiger partial charge in [0.1, 0.15) is 11.4 Å². The number of ether oxygens (including phenoxy) is 1. The molecule has 0 spiro atoms. The number of carbonyl (C=O) groups is 2. The lowest BCUT2D eigenvalue weighted by molar-refractivity contribution is -0.144. The molecule has 3 rings (SSSR count). The van der Waals surface area contributed by atoms with Crippen molar-refractivity contribution in [1.29, 1.82) is 0 Å². The molecule has 8 heteroatoms. The van der Waals surface area contributed by atoms with Crippen molar-refractivity contribution in [1.82, 2.24) is 9.55 Å². The van der Waals surface area contributed by atoms with Crippen LogP contribution in [0.4, 0.5) is 0 Å². The third-order valence-corrected chi connectivity index (χ3v) is 4.87. The van der Waals surface area contributed by atoms with E-state index in [-0.39, 0.29) is 18.1 Å². The van der Waals surface area contributed by atoms with Crippen molar-refractivity contribution >= 4 is 33.4 Å². The predicted octanol–water partition coefficient (Wildman–Crippen LogP) is 0.536. The highest BCUT2D eigenvalue weighted by molar-refractivity contribution is 7.18. The summed E-state index contributed by atoms with van der Waals surface area (Å²) in [5.41, 5.74) is 5.52. The zero-order valence-electron chi connectivity index (χ0n) is 12.0. The third-order valence-electron chi connectivity index (χ3n) is 3.70. The van der Waals surface area contributed by atoms with Gasteiger partial charge in [-0.25, -0.2) is 4.98 Å². The Morgan fingerprint density at radius 2 is 2.32 bits per heavy atom. The van der Waals surface area contributed by atoms with Crippen LogP contribution < -0.4 is 11.3 Å². The molecule has 0 saturated carbocycles. The van der Waals surface area contributed by atoms with Crippen LogP contribution in [0.5, 0.6) is 0 Å². The number of hydrogen-bond acceptors (Lipinski definition) is 6. The molecule has 0 bridgehead atoms. The number of rotatable bonds is 4. The van der Waals surface area contributed by atoms with Gasteiger partial charge in [-0.3, -0.25) is 19.0 Å². The highest BCUT2D eigenvalue weighted by atomic mass is 32.1. The molecule has 116 valence electrons. The van der Waals surface area contributed by atoms with Crippen LogP contribution in [0.3, 0.4) is 0 Å². The fourth-order valence-corrected chi connectivity index (χ4v) is 4.03. The summed E-state index contributed by atoms with van der Waals surface area (Å²) in [6.45, 7) is 1.83. The van der Waals surface area contributed by atoms with E-state index in [4.69, 9.17) is 10.5 Å². The van der Waals surface area contributed by atoms with Crippen LogP contribution in [0.15, 0.2) is 11.1 Å². The molecule has 2 N–H and O–H groups in total. The molecule has 1 aliphatic rings. The number of carbonyl (C=O) groups excluding carboxylic acids is 2. The zero-order chi connectivity index (χ0) is 15.9. The standard InChI is InChI=1S/C14H15N3O4S/c1-2-21-14(20)7-3-4-8-10(7)11-12(22-8)16-6-17(13(11)19)5-9(15)18/h6-7H,2-5H2,1H3,(H2,15,18)/t7-/m1/s1. The molecule has 2 aromatic heterocycles. The summed E-state index contributed by atoms with van der Waals surface area (Å²) in [5, 5.41) is 0.416. The lowest BCUT2D eigenvalue weighted by Crippen LogP contribution is -2.28. The van der Waals surface area contributed by atoms with Gasteiger partial charge in [0.2, 0.25) is 5.91 Å². The Labute approximate surface area is 129 Å². The second-order valence-corrected chi connectivity index (χ2v) is 6.19. The van der Waals surface area contributed by atoms with Gasteiger partial charge < -0.3 is 10.5 Å². The molecule has 0 unspecified atom stereocenters. The molecule has 0 radical (unpaired) electrons. The van der Waals surface area contributed by atoms with E-state index in [0.29, 0.717) is 23.2 Å². The van der Waals surface area contributed by atoms with E-state index in [9.17, 15) is 14.4 Å². The molecule has 0 aliphatic heterocycles. The molecule has 2 heterocycles. The predicted molar refractivity (Wildman–Crippen MR) is 80.8 cm³/mol. The lowest BCUT2D eigenvalue weighted by Gasteiger charge is -2.10. The Morgan fingerprint density at radius 1 is 1.55 bits per heavy atom. The monoisotopic (exact) mass is 321 g/mol. The van der Waals surface area contributed by atoms with Gasteiger partial charge in [-0.05, 0) is 25.3 Å². The summed E-state index contributed by atoms with van der Waals surface area (Å²) < 4.78 is 6.28. The van der Waals surface area contributed by atoms with E-state index >= 15 is 0 Å². The zero-order valence-corrected chi connectivity index (χ0v) is 12.8. The number of aryl methyl sites for hydroxylation is 1. The molecule has 1 atom stereocenters. The summed E-state index contributed by atoms with van der Waals surface area (Å²) in [5.74, 6) is -1.36. The SMILES string of the molecule is CCOC(=O)[C@@H]1CCc2sc3ncn(CC(N)=O)c(=O)c3c21. The first kappa shape index (κ1) is 14.7. The maximum absolute atomic E-state index is 12.6. The largest absolute Gasteiger partial charge is 0.466 e. The Kier molecular flexibility index (Phi) is 3.69. The minimum Gasteiger partial charge on any atom is -0.466 e. The summed E-state index contributed by atoms with van der Waals surface area (Å²) >= 11 is 1.42. The van der Waals surface area contributed by atoms with Gasteiger partial charge in [0.25, 0.3) is 5.56 Å². The first-order valence-electron chi connectivity index (χ1n) is 6.98. The normalized spacial score (nSPS) is 16.7. The molecule has 0 fully saturated rings. The summed E-state index contributed by atoms with van der Waals surface area (Å²) in [6, 6.07) is 0. The number of hydrogen-bond donors (Lipinski definition) is 1. The molecular formula is C14H15N3O4S. The quantitative estimate of drug-likeness (QED) is 0.827. The highest BCUT2D eigenvalue weighted by Crippen LogP contribution is 2.42. The molecular weight excluding hydrogens is 306 g/mol. The van der Waals surface area contributed by atoms with E-state index in [1.165, 1.54) is 22.2 Å². The second-order valence-electron chi connectivity index (χ2n) is 5.11. The van der Waals surface area contributed by atoms with Crippen molar-refractivity contribution in [2.24, 2.45) is 5.73 Å². The van der Waals surface area contributed by atoms with Gasteiger partial charge in [-0.15, -0.1) is 11.3 Å². The maximum Gasteiger partial charge on any atom is 0.313 e. The van der Waals surface area contributed by atoms with Crippen molar-refractivity contribution < 1.29 is 14.3 Å². The third kappa shape index (κ3) is 2.29. The van der Waals surface area contributed by atoms with Crippen LogP contribution in [0.2, 0.25) is 0 Å². The topological polar surface area (TPSA) is 104 Å². The Balaban J connectivity index is 2.15. The molecule has 2 aromatic rings. The van der Waals surface area contributed by atoms with Gasteiger partial charge in [-0.2, -0.15) is 0 Å². The molecule has 22 heavy (non-hydrogen) atoms. The number of aromatic nitrogens is 2. The molecule has 0 aromatic carbocycles. The molecule has 0 saturated heterocycles. The van der Waals surface area contributed by atoms with Crippen molar-refractivity contribution in [2.75, 3.05) is 6.61 Å². The van der Waals surface area contributed by atoms with Crippen LogP contribution in [0.25, 0.3) is 10.2 Å². The van der Waals surface area contributed by atoms with Gasteiger partial charge in [0.05, 0.1) is 24.2 Å². The second kappa shape index (κ2) is 5.53. The summed E-state index contributed by atoms with van der Waals surface area (Å²) in [7, 11) is 0. The summed E-state index contributed by atoms with van der Waals surface area (Å²) in [4.78, 5) is 41.5. The van der Waals surface area contributed by atoms with E-state index < -0.39 is 11.8 Å². The maximum atomic E-state index is 12.6. The van der Waals surface area contributed by atoms with Crippen LogP contribution in [0, 0.1) is 0 Å². The van der Waals surface area contributed by atoms with Crippen LogP contribution >= 0.6 is 11.3 Å². The smallest absolute Gasteiger partial charge is 0.313 e. The van der Waals surface area contributed by atoms with Crippen LogP contribution in [-0.2, 0) is 27.3 Å². The van der Waals surface area contributed by atoms with Gasteiger partial charge >= 0.3 is 5.97 Å². The Hall–Kier alpha value is -2.22.